The minimum absolute atomic E-state index is 0.476. The normalized spacial score (nSPS) is 10.6. The van der Waals surface area contributed by atoms with E-state index in [2.05, 4.69) is 51.4 Å². The highest BCUT2D eigenvalue weighted by atomic mass is 79.9. The summed E-state index contributed by atoms with van der Waals surface area (Å²) in [6, 6.07) is 17.8. The molecule has 2 aromatic carbocycles. The largest absolute Gasteiger partial charge is 0.493 e. The van der Waals surface area contributed by atoms with Gasteiger partial charge in [0, 0.05) is 35.4 Å². The Bertz CT molecular complexity index is 919. The number of aromatic nitrogens is 1. The zero-order chi connectivity index (χ0) is 20.5. The topological polar surface area (TPSA) is 52.6 Å². The molecule has 3 rings (SSSR count). The predicted octanol–water partition coefficient (Wildman–Crippen LogP) is 4.91. The fourth-order valence-electron chi connectivity index (χ4n) is 2.90. The third kappa shape index (κ3) is 6.21. The van der Waals surface area contributed by atoms with Crippen LogP contribution in [-0.4, -0.2) is 25.2 Å². The fraction of sp³-hybridized carbons (Fsp3) is 0.261. The number of rotatable bonds is 10. The summed E-state index contributed by atoms with van der Waals surface area (Å²) in [4.78, 5) is 4.15. The molecule has 0 radical (unpaired) electrons. The van der Waals surface area contributed by atoms with Crippen molar-refractivity contribution in [2.45, 2.75) is 20.1 Å². The maximum Gasteiger partial charge on any atom is 0.213 e. The van der Waals surface area contributed by atoms with Crippen molar-refractivity contribution < 1.29 is 14.2 Å². The first-order valence-electron chi connectivity index (χ1n) is 9.45. The summed E-state index contributed by atoms with van der Waals surface area (Å²) in [5, 5.41) is 3.39. The Morgan fingerprint density at radius 2 is 1.93 bits per heavy atom. The molecule has 0 saturated heterocycles. The summed E-state index contributed by atoms with van der Waals surface area (Å²) in [5.74, 6) is 2.07. The molecule has 1 heterocycles. The van der Waals surface area contributed by atoms with Gasteiger partial charge in [-0.2, -0.15) is 0 Å². The van der Waals surface area contributed by atoms with Crippen LogP contribution < -0.4 is 19.5 Å². The van der Waals surface area contributed by atoms with E-state index in [-0.39, 0.29) is 0 Å². The Morgan fingerprint density at radius 1 is 1.03 bits per heavy atom. The van der Waals surface area contributed by atoms with Gasteiger partial charge in [0.1, 0.15) is 13.2 Å². The molecular weight excluding hydrogens is 432 g/mol. The SMILES string of the molecule is COc1ccc(Br)c(CNCCOc2ccccn2)c1OCc1cccc(C)c1. The Labute approximate surface area is 180 Å². The minimum Gasteiger partial charge on any atom is -0.493 e. The van der Waals surface area contributed by atoms with E-state index >= 15 is 0 Å². The summed E-state index contributed by atoms with van der Waals surface area (Å²) in [6.45, 7) is 4.37. The summed E-state index contributed by atoms with van der Waals surface area (Å²) >= 11 is 3.64. The van der Waals surface area contributed by atoms with Crippen molar-refractivity contribution >= 4 is 15.9 Å². The van der Waals surface area contributed by atoms with Crippen LogP contribution in [0.1, 0.15) is 16.7 Å². The van der Waals surface area contributed by atoms with Gasteiger partial charge in [0.15, 0.2) is 11.5 Å². The van der Waals surface area contributed by atoms with Crippen molar-refractivity contribution in [1.29, 1.82) is 0 Å². The molecule has 0 aliphatic rings. The molecule has 0 amide bonds. The third-order valence-corrected chi connectivity index (χ3v) is 5.06. The number of hydrogen-bond acceptors (Lipinski definition) is 5. The number of methoxy groups -OCH3 is 1. The van der Waals surface area contributed by atoms with Crippen LogP contribution in [0.5, 0.6) is 17.4 Å². The average Bonchev–Trinajstić information content (AvgIpc) is 2.74. The molecule has 0 saturated carbocycles. The number of ether oxygens (including phenoxy) is 3. The van der Waals surface area contributed by atoms with Crippen molar-refractivity contribution in [3.63, 3.8) is 0 Å². The lowest BCUT2D eigenvalue weighted by molar-refractivity contribution is 0.278. The van der Waals surface area contributed by atoms with Gasteiger partial charge in [-0.3, -0.25) is 0 Å². The van der Waals surface area contributed by atoms with Gasteiger partial charge in [-0.15, -0.1) is 0 Å². The fourth-order valence-corrected chi connectivity index (χ4v) is 3.35. The van der Waals surface area contributed by atoms with E-state index in [4.69, 9.17) is 14.2 Å². The van der Waals surface area contributed by atoms with Gasteiger partial charge in [0.05, 0.1) is 7.11 Å². The molecule has 1 N–H and O–H groups in total. The van der Waals surface area contributed by atoms with Crippen LogP contribution in [0.25, 0.3) is 0 Å². The Kier molecular flexibility index (Phi) is 7.90. The minimum atomic E-state index is 0.476. The standard InChI is InChI=1S/C23H25BrN2O3/c1-17-6-5-7-18(14-17)16-29-23-19(20(24)9-10-21(23)27-2)15-25-12-13-28-22-8-3-4-11-26-22/h3-11,14,25H,12-13,15-16H2,1-2H3. The summed E-state index contributed by atoms with van der Waals surface area (Å²) in [7, 11) is 1.65. The molecule has 0 unspecified atom stereocenters. The van der Waals surface area contributed by atoms with Crippen LogP contribution in [0.15, 0.2) is 65.3 Å². The maximum absolute atomic E-state index is 6.17. The Hall–Kier alpha value is -2.57. The molecule has 152 valence electrons. The van der Waals surface area contributed by atoms with Crippen LogP contribution >= 0.6 is 15.9 Å². The molecule has 29 heavy (non-hydrogen) atoms. The zero-order valence-corrected chi connectivity index (χ0v) is 18.2. The van der Waals surface area contributed by atoms with Crippen LogP contribution in [0, 0.1) is 6.92 Å². The first-order valence-corrected chi connectivity index (χ1v) is 10.2. The monoisotopic (exact) mass is 456 g/mol. The lowest BCUT2D eigenvalue weighted by Crippen LogP contribution is -2.21. The van der Waals surface area contributed by atoms with Gasteiger partial charge in [0.2, 0.25) is 5.88 Å². The van der Waals surface area contributed by atoms with E-state index in [0.29, 0.717) is 37.9 Å². The Morgan fingerprint density at radius 3 is 2.69 bits per heavy atom. The predicted molar refractivity (Wildman–Crippen MR) is 118 cm³/mol. The average molecular weight is 457 g/mol. The first kappa shape index (κ1) is 21.1. The molecule has 3 aromatic rings. The van der Waals surface area contributed by atoms with E-state index < -0.39 is 0 Å². The Balaban J connectivity index is 1.62. The second kappa shape index (κ2) is 10.8. The van der Waals surface area contributed by atoms with E-state index in [1.807, 2.05) is 36.4 Å². The highest BCUT2D eigenvalue weighted by Crippen LogP contribution is 2.36. The maximum atomic E-state index is 6.17. The molecule has 0 fully saturated rings. The van der Waals surface area contributed by atoms with Crippen molar-refractivity contribution in [3.8, 4) is 17.4 Å². The molecule has 6 heteroatoms. The van der Waals surface area contributed by atoms with E-state index in [1.54, 1.807) is 13.3 Å². The van der Waals surface area contributed by atoms with Crippen molar-refractivity contribution in [2.24, 2.45) is 0 Å². The first-order chi connectivity index (χ1) is 14.2. The zero-order valence-electron chi connectivity index (χ0n) is 16.7. The van der Waals surface area contributed by atoms with Crippen LogP contribution in [0.2, 0.25) is 0 Å². The van der Waals surface area contributed by atoms with Gasteiger partial charge in [0.25, 0.3) is 0 Å². The molecule has 0 atom stereocenters. The van der Waals surface area contributed by atoms with Gasteiger partial charge in [-0.05, 0) is 30.7 Å². The van der Waals surface area contributed by atoms with Crippen LogP contribution in [0.4, 0.5) is 0 Å². The molecule has 0 aliphatic carbocycles. The highest BCUT2D eigenvalue weighted by Gasteiger charge is 2.15. The second-order valence-electron chi connectivity index (χ2n) is 6.53. The number of halogens is 1. The summed E-state index contributed by atoms with van der Waals surface area (Å²) in [6.07, 6.45) is 1.72. The molecule has 0 aliphatic heterocycles. The lowest BCUT2D eigenvalue weighted by atomic mass is 10.1. The number of nitrogens with zero attached hydrogens (tertiary/aromatic N) is 1. The van der Waals surface area contributed by atoms with E-state index in [9.17, 15) is 0 Å². The van der Waals surface area contributed by atoms with Gasteiger partial charge in [-0.1, -0.05) is 51.8 Å². The number of benzene rings is 2. The van der Waals surface area contributed by atoms with Crippen molar-refractivity contribution in [2.75, 3.05) is 20.3 Å². The molecular formula is C23H25BrN2O3. The highest BCUT2D eigenvalue weighted by molar-refractivity contribution is 9.10. The third-order valence-electron chi connectivity index (χ3n) is 4.32. The summed E-state index contributed by atoms with van der Waals surface area (Å²) in [5.41, 5.74) is 3.34. The molecule has 5 nitrogen and oxygen atoms in total. The van der Waals surface area contributed by atoms with E-state index in [1.165, 1.54) is 5.56 Å². The van der Waals surface area contributed by atoms with Crippen LogP contribution in [-0.2, 0) is 13.2 Å². The van der Waals surface area contributed by atoms with E-state index in [0.717, 1.165) is 21.3 Å². The summed E-state index contributed by atoms with van der Waals surface area (Å²) < 4.78 is 18.3. The van der Waals surface area contributed by atoms with Crippen LogP contribution in [0.3, 0.4) is 0 Å². The number of pyridine rings is 1. The number of aryl methyl sites for hydroxylation is 1. The molecule has 1 aromatic heterocycles. The van der Waals surface area contributed by atoms with Gasteiger partial charge >= 0.3 is 0 Å². The molecule has 0 bridgehead atoms. The van der Waals surface area contributed by atoms with Crippen molar-refractivity contribution in [3.05, 3.63) is 82.0 Å². The van der Waals surface area contributed by atoms with Crippen molar-refractivity contribution in [1.82, 2.24) is 10.3 Å². The quantitative estimate of drug-likeness (QED) is 0.439. The smallest absolute Gasteiger partial charge is 0.213 e. The van der Waals surface area contributed by atoms with Gasteiger partial charge in [-0.25, -0.2) is 4.98 Å². The number of nitrogens with one attached hydrogen (secondary N) is 1. The second-order valence-corrected chi connectivity index (χ2v) is 7.38. The van der Waals surface area contributed by atoms with Gasteiger partial charge < -0.3 is 19.5 Å². The number of hydrogen-bond donors (Lipinski definition) is 1. The lowest BCUT2D eigenvalue weighted by Gasteiger charge is -2.17. The molecule has 0 spiro atoms.